The zero-order chi connectivity index (χ0) is 14.9. The van der Waals surface area contributed by atoms with E-state index in [0.717, 1.165) is 37.9 Å². The maximum atomic E-state index is 13.0. The van der Waals surface area contributed by atoms with Crippen LogP contribution >= 0.6 is 0 Å². The van der Waals surface area contributed by atoms with E-state index in [0.29, 0.717) is 19.2 Å². The van der Waals surface area contributed by atoms with Gasteiger partial charge in [0.25, 0.3) is 0 Å². The summed E-state index contributed by atoms with van der Waals surface area (Å²) in [5, 5.41) is 5.52. The number of ether oxygens (including phenoxy) is 1. The molecule has 1 aliphatic heterocycles. The molecule has 1 aromatic carbocycles. The quantitative estimate of drug-likeness (QED) is 0.793. The molecule has 116 valence electrons. The fourth-order valence-corrected chi connectivity index (χ4v) is 2.46. The Labute approximate surface area is 125 Å². The van der Waals surface area contributed by atoms with Crippen LogP contribution in [-0.4, -0.2) is 25.3 Å². The molecule has 1 fully saturated rings. The van der Waals surface area contributed by atoms with Crippen molar-refractivity contribution in [2.45, 2.75) is 44.8 Å². The Morgan fingerprint density at radius 2 is 2.24 bits per heavy atom. The summed E-state index contributed by atoms with van der Waals surface area (Å²) in [4.78, 5) is 11.6. The van der Waals surface area contributed by atoms with Crippen LogP contribution in [0.5, 0.6) is 0 Å². The van der Waals surface area contributed by atoms with E-state index in [4.69, 9.17) is 4.74 Å². The Kier molecular flexibility index (Phi) is 6.47. The van der Waals surface area contributed by atoms with Crippen LogP contribution in [0.1, 0.15) is 37.7 Å². The van der Waals surface area contributed by atoms with Gasteiger partial charge >= 0.3 is 6.03 Å². The van der Waals surface area contributed by atoms with E-state index in [1.807, 2.05) is 0 Å². The predicted molar refractivity (Wildman–Crippen MR) is 79.5 cm³/mol. The summed E-state index contributed by atoms with van der Waals surface area (Å²) >= 11 is 0. The Morgan fingerprint density at radius 1 is 1.33 bits per heavy atom. The van der Waals surface area contributed by atoms with E-state index in [1.54, 1.807) is 12.1 Å². The van der Waals surface area contributed by atoms with Crippen LogP contribution in [0.15, 0.2) is 24.3 Å². The minimum Gasteiger partial charge on any atom is -0.378 e. The Bertz CT molecular complexity index is 448. The molecular formula is C16H23FN2O2. The van der Waals surface area contributed by atoms with Crippen LogP contribution in [0.4, 0.5) is 9.18 Å². The van der Waals surface area contributed by atoms with Gasteiger partial charge in [-0.3, -0.25) is 0 Å². The molecule has 1 aliphatic rings. The fraction of sp³-hybridized carbons (Fsp3) is 0.562. The molecule has 4 nitrogen and oxygen atoms in total. The van der Waals surface area contributed by atoms with Crippen LogP contribution in [0, 0.1) is 5.82 Å². The summed E-state index contributed by atoms with van der Waals surface area (Å²) in [7, 11) is 0. The van der Waals surface area contributed by atoms with Gasteiger partial charge in [0.15, 0.2) is 0 Å². The highest BCUT2D eigenvalue weighted by molar-refractivity contribution is 5.73. The number of halogens is 1. The van der Waals surface area contributed by atoms with Gasteiger partial charge in [-0.05, 0) is 49.8 Å². The number of urea groups is 1. The fourth-order valence-electron chi connectivity index (χ4n) is 2.46. The lowest BCUT2D eigenvalue weighted by molar-refractivity contribution is 0.0103. The van der Waals surface area contributed by atoms with Crippen molar-refractivity contribution in [2.75, 3.05) is 13.2 Å². The van der Waals surface area contributed by atoms with E-state index in [9.17, 15) is 9.18 Å². The summed E-state index contributed by atoms with van der Waals surface area (Å²) in [6.07, 6.45) is 5.80. The van der Waals surface area contributed by atoms with Gasteiger partial charge in [0, 0.05) is 19.7 Å². The van der Waals surface area contributed by atoms with E-state index in [1.165, 1.54) is 18.6 Å². The zero-order valence-corrected chi connectivity index (χ0v) is 12.2. The van der Waals surface area contributed by atoms with Gasteiger partial charge in [-0.15, -0.1) is 0 Å². The smallest absolute Gasteiger partial charge is 0.315 e. The topological polar surface area (TPSA) is 50.4 Å². The highest BCUT2D eigenvalue weighted by Gasteiger charge is 2.13. The normalized spacial score (nSPS) is 18.2. The molecule has 1 atom stereocenters. The number of carbonyl (C=O) groups excluding carboxylic acids is 1. The molecule has 0 radical (unpaired) electrons. The Morgan fingerprint density at radius 3 is 3.00 bits per heavy atom. The first-order chi connectivity index (χ1) is 10.2. The van der Waals surface area contributed by atoms with Crippen LogP contribution in [0.25, 0.3) is 0 Å². The van der Waals surface area contributed by atoms with E-state index in [-0.39, 0.29) is 11.8 Å². The van der Waals surface area contributed by atoms with Crippen molar-refractivity contribution in [3.05, 3.63) is 35.6 Å². The van der Waals surface area contributed by atoms with Gasteiger partial charge in [0.1, 0.15) is 5.82 Å². The van der Waals surface area contributed by atoms with Crippen molar-refractivity contribution >= 4 is 6.03 Å². The second kappa shape index (κ2) is 8.62. The van der Waals surface area contributed by atoms with E-state index in [2.05, 4.69) is 10.6 Å². The second-order valence-corrected chi connectivity index (χ2v) is 5.37. The highest BCUT2D eigenvalue weighted by atomic mass is 19.1. The van der Waals surface area contributed by atoms with Crippen LogP contribution in [0.2, 0.25) is 0 Å². The van der Waals surface area contributed by atoms with Crippen molar-refractivity contribution in [2.24, 2.45) is 0 Å². The van der Waals surface area contributed by atoms with Crippen LogP contribution < -0.4 is 10.6 Å². The number of rotatable bonds is 6. The summed E-state index contributed by atoms with van der Waals surface area (Å²) in [5.74, 6) is -0.290. The number of amides is 2. The molecule has 2 N–H and O–H groups in total. The first-order valence-corrected chi connectivity index (χ1v) is 7.62. The summed E-state index contributed by atoms with van der Waals surface area (Å²) in [6, 6.07) is 6.00. The van der Waals surface area contributed by atoms with Gasteiger partial charge < -0.3 is 15.4 Å². The third-order valence-corrected chi connectivity index (χ3v) is 3.60. The van der Waals surface area contributed by atoms with Crippen LogP contribution in [-0.2, 0) is 11.3 Å². The SMILES string of the molecule is O=C(NCCC[C@H]1CCCCO1)NCc1cccc(F)c1. The molecule has 0 spiro atoms. The van der Waals surface area contributed by atoms with Gasteiger partial charge in [0.2, 0.25) is 0 Å². The first-order valence-electron chi connectivity index (χ1n) is 7.62. The molecule has 1 heterocycles. The zero-order valence-electron chi connectivity index (χ0n) is 12.2. The van der Waals surface area contributed by atoms with Crippen molar-refractivity contribution in [1.29, 1.82) is 0 Å². The van der Waals surface area contributed by atoms with Gasteiger partial charge in [-0.25, -0.2) is 9.18 Å². The van der Waals surface area contributed by atoms with E-state index < -0.39 is 0 Å². The molecule has 2 amide bonds. The first kappa shape index (κ1) is 15.8. The van der Waals surface area contributed by atoms with Crippen molar-refractivity contribution in [3.63, 3.8) is 0 Å². The molecule has 0 unspecified atom stereocenters. The summed E-state index contributed by atoms with van der Waals surface area (Å²) < 4.78 is 18.6. The lowest BCUT2D eigenvalue weighted by atomic mass is 10.0. The molecule has 1 saturated heterocycles. The predicted octanol–water partition coefficient (Wildman–Crippen LogP) is 2.97. The van der Waals surface area contributed by atoms with Crippen LogP contribution in [0.3, 0.4) is 0 Å². The molecule has 1 aromatic rings. The molecule has 21 heavy (non-hydrogen) atoms. The average Bonchev–Trinajstić information content (AvgIpc) is 2.51. The second-order valence-electron chi connectivity index (χ2n) is 5.37. The standard InChI is InChI=1S/C16H23FN2O2/c17-14-6-3-5-13(11-14)12-19-16(20)18-9-4-8-15-7-1-2-10-21-15/h3,5-6,11,15H,1-2,4,7-10,12H2,(H2,18,19,20)/t15-/m1/s1. The lowest BCUT2D eigenvalue weighted by Crippen LogP contribution is -2.36. The largest absolute Gasteiger partial charge is 0.378 e. The third kappa shape index (κ3) is 6.12. The van der Waals surface area contributed by atoms with Crippen molar-refractivity contribution in [3.8, 4) is 0 Å². The van der Waals surface area contributed by atoms with Gasteiger partial charge in [0.05, 0.1) is 6.10 Å². The number of hydrogen-bond donors (Lipinski definition) is 2. The number of nitrogens with one attached hydrogen (secondary N) is 2. The third-order valence-electron chi connectivity index (χ3n) is 3.60. The number of hydrogen-bond acceptors (Lipinski definition) is 2. The molecule has 0 aliphatic carbocycles. The molecule has 2 rings (SSSR count). The molecule has 0 saturated carbocycles. The van der Waals surface area contributed by atoms with E-state index >= 15 is 0 Å². The molecule has 0 bridgehead atoms. The van der Waals surface area contributed by atoms with Crippen molar-refractivity contribution < 1.29 is 13.9 Å². The maximum Gasteiger partial charge on any atom is 0.315 e. The average molecular weight is 294 g/mol. The Hall–Kier alpha value is -1.62. The van der Waals surface area contributed by atoms with Gasteiger partial charge in [-0.1, -0.05) is 12.1 Å². The lowest BCUT2D eigenvalue weighted by Gasteiger charge is -2.22. The van der Waals surface area contributed by atoms with Gasteiger partial charge in [-0.2, -0.15) is 0 Å². The minimum absolute atomic E-state index is 0.219. The highest BCUT2D eigenvalue weighted by Crippen LogP contribution is 2.16. The maximum absolute atomic E-state index is 13.0. The number of carbonyl (C=O) groups is 1. The summed E-state index contributed by atoms with van der Waals surface area (Å²) in [6.45, 7) is 1.83. The molecule has 0 aromatic heterocycles. The monoisotopic (exact) mass is 294 g/mol. The number of benzene rings is 1. The summed E-state index contributed by atoms with van der Waals surface area (Å²) in [5.41, 5.74) is 0.751. The van der Waals surface area contributed by atoms with Crippen molar-refractivity contribution in [1.82, 2.24) is 10.6 Å². The molecule has 5 heteroatoms. The molecular weight excluding hydrogens is 271 g/mol. The Balaban J connectivity index is 1.55. The minimum atomic E-state index is -0.290.